The summed E-state index contributed by atoms with van der Waals surface area (Å²) in [5.74, 6) is 0.275. The van der Waals surface area contributed by atoms with Gasteiger partial charge in [0.25, 0.3) is 11.8 Å². The molecule has 0 aliphatic heterocycles. The highest BCUT2D eigenvalue weighted by atomic mass is 16.5. The molecule has 34 heavy (non-hydrogen) atoms. The van der Waals surface area contributed by atoms with Crippen LogP contribution in [0, 0.1) is 0 Å². The normalized spacial score (nSPS) is 11.4. The molecule has 1 atom stereocenters. The van der Waals surface area contributed by atoms with E-state index in [2.05, 4.69) is 10.9 Å². The van der Waals surface area contributed by atoms with Crippen LogP contribution in [0.1, 0.15) is 13.3 Å². The van der Waals surface area contributed by atoms with Gasteiger partial charge in [0.05, 0.1) is 0 Å². The molecule has 0 heterocycles. The fourth-order valence-corrected chi connectivity index (χ4v) is 3.56. The molecule has 0 bridgehead atoms. The van der Waals surface area contributed by atoms with Gasteiger partial charge in [0.15, 0.2) is 12.7 Å². The summed E-state index contributed by atoms with van der Waals surface area (Å²) in [6.07, 6.45) is -0.309. The van der Waals surface area contributed by atoms with Crippen LogP contribution in [0.15, 0.2) is 97.1 Å². The van der Waals surface area contributed by atoms with E-state index in [-0.39, 0.29) is 6.61 Å². The monoisotopic (exact) mass is 454 g/mol. The van der Waals surface area contributed by atoms with E-state index in [1.165, 1.54) is 0 Å². The Bertz CT molecular complexity index is 1250. The highest BCUT2D eigenvalue weighted by Gasteiger charge is 2.19. The molecule has 2 N–H and O–H groups in total. The van der Waals surface area contributed by atoms with Crippen LogP contribution in [0.25, 0.3) is 21.9 Å². The molecule has 6 nitrogen and oxygen atoms in total. The molecule has 0 aliphatic carbocycles. The molecule has 2 amide bonds. The van der Waals surface area contributed by atoms with Crippen molar-refractivity contribution in [3.8, 4) is 22.6 Å². The Hall–Kier alpha value is -4.32. The fraction of sp³-hybridized carbons (Fsp3) is 0.143. The molecule has 0 aromatic heterocycles. The SMILES string of the molecule is CCC(Oc1ccc(-c2ccccc2)cc1)C(=O)NNC(=O)COc1cccc2ccccc12. The minimum absolute atomic E-state index is 0.229. The maximum Gasteiger partial charge on any atom is 0.279 e. The smallest absolute Gasteiger partial charge is 0.279 e. The predicted octanol–water partition coefficient (Wildman–Crippen LogP) is 4.89. The van der Waals surface area contributed by atoms with Crippen LogP contribution < -0.4 is 20.3 Å². The highest BCUT2D eigenvalue weighted by molar-refractivity contribution is 5.89. The van der Waals surface area contributed by atoms with Crippen LogP contribution in [-0.4, -0.2) is 24.5 Å². The number of rotatable bonds is 8. The second kappa shape index (κ2) is 11.0. The molecule has 172 valence electrons. The molecular weight excluding hydrogens is 428 g/mol. The van der Waals surface area contributed by atoms with Gasteiger partial charge in [-0.3, -0.25) is 20.4 Å². The number of amides is 2. The van der Waals surface area contributed by atoms with Gasteiger partial charge < -0.3 is 9.47 Å². The minimum Gasteiger partial charge on any atom is -0.483 e. The number of carbonyl (C=O) groups is 2. The van der Waals surface area contributed by atoms with Crippen molar-refractivity contribution in [2.24, 2.45) is 0 Å². The van der Waals surface area contributed by atoms with Gasteiger partial charge in [-0.2, -0.15) is 0 Å². The average Bonchev–Trinajstić information content (AvgIpc) is 2.90. The predicted molar refractivity (Wildman–Crippen MR) is 132 cm³/mol. The zero-order valence-corrected chi connectivity index (χ0v) is 18.9. The Morgan fingerprint density at radius 3 is 2.21 bits per heavy atom. The number of hydrogen-bond donors (Lipinski definition) is 2. The lowest BCUT2D eigenvalue weighted by molar-refractivity contribution is -0.134. The molecule has 4 aromatic carbocycles. The zero-order valence-electron chi connectivity index (χ0n) is 18.9. The fourth-order valence-electron chi connectivity index (χ4n) is 3.56. The molecule has 0 aliphatic rings. The largest absolute Gasteiger partial charge is 0.483 e. The van der Waals surface area contributed by atoms with E-state index in [1.54, 1.807) is 6.07 Å². The number of hydrogen-bond acceptors (Lipinski definition) is 4. The van der Waals surface area contributed by atoms with Crippen LogP contribution in [0.2, 0.25) is 0 Å². The molecule has 4 aromatic rings. The number of benzene rings is 4. The maximum atomic E-state index is 12.5. The molecule has 6 heteroatoms. The summed E-state index contributed by atoms with van der Waals surface area (Å²) in [6.45, 7) is 1.61. The molecule has 0 fully saturated rings. The summed E-state index contributed by atoms with van der Waals surface area (Å²) in [4.78, 5) is 24.7. The summed E-state index contributed by atoms with van der Waals surface area (Å²) in [5.41, 5.74) is 6.97. The van der Waals surface area contributed by atoms with Crippen molar-refractivity contribution in [3.05, 3.63) is 97.1 Å². The summed E-state index contributed by atoms with van der Waals surface area (Å²) < 4.78 is 11.5. The van der Waals surface area contributed by atoms with Gasteiger partial charge in [-0.1, -0.05) is 85.8 Å². The lowest BCUT2D eigenvalue weighted by Gasteiger charge is -2.18. The number of hydrazine groups is 1. The summed E-state index contributed by atoms with van der Waals surface area (Å²) in [7, 11) is 0. The van der Waals surface area contributed by atoms with Gasteiger partial charge in [0.1, 0.15) is 11.5 Å². The van der Waals surface area contributed by atoms with Gasteiger partial charge >= 0.3 is 0 Å². The first-order valence-electron chi connectivity index (χ1n) is 11.2. The first-order chi connectivity index (χ1) is 16.6. The van der Waals surface area contributed by atoms with Gasteiger partial charge in [-0.05, 0) is 41.1 Å². The van der Waals surface area contributed by atoms with E-state index in [9.17, 15) is 9.59 Å². The molecular formula is C28H26N2O4. The lowest BCUT2D eigenvalue weighted by Crippen LogP contribution is -2.49. The zero-order chi connectivity index (χ0) is 23.8. The van der Waals surface area contributed by atoms with Crippen molar-refractivity contribution in [2.45, 2.75) is 19.4 Å². The first kappa shape index (κ1) is 22.9. The Kier molecular flexibility index (Phi) is 7.40. The van der Waals surface area contributed by atoms with E-state index >= 15 is 0 Å². The summed E-state index contributed by atoms with van der Waals surface area (Å²) in [6, 6.07) is 31.0. The number of carbonyl (C=O) groups excluding carboxylic acids is 2. The van der Waals surface area contributed by atoms with Crippen molar-refractivity contribution >= 4 is 22.6 Å². The van der Waals surface area contributed by atoms with Crippen LogP contribution >= 0.6 is 0 Å². The molecule has 0 spiro atoms. The third-order valence-corrected chi connectivity index (χ3v) is 5.34. The molecule has 4 rings (SSSR count). The second-order valence-corrected chi connectivity index (χ2v) is 7.71. The van der Waals surface area contributed by atoms with Crippen LogP contribution in [-0.2, 0) is 9.59 Å². The standard InChI is InChI=1S/C28H26N2O4/c1-2-25(34-23-17-15-21(16-18-23)20-9-4-3-5-10-20)28(32)30-29-27(31)19-33-26-14-8-12-22-11-6-7-13-24(22)26/h3-18,25H,2,19H2,1H3,(H,29,31)(H,30,32). The lowest BCUT2D eigenvalue weighted by atomic mass is 10.1. The third kappa shape index (κ3) is 5.72. The number of ether oxygens (including phenoxy) is 2. The Balaban J connectivity index is 1.27. The highest BCUT2D eigenvalue weighted by Crippen LogP contribution is 2.25. The van der Waals surface area contributed by atoms with E-state index in [0.717, 1.165) is 21.9 Å². The van der Waals surface area contributed by atoms with Crippen molar-refractivity contribution in [3.63, 3.8) is 0 Å². The van der Waals surface area contributed by atoms with E-state index in [1.807, 2.05) is 97.9 Å². The van der Waals surface area contributed by atoms with E-state index < -0.39 is 17.9 Å². The topological polar surface area (TPSA) is 76.7 Å². The van der Waals surface area contributed by atoms with Crippen molar-refractivity contribution in [2.75, 3.05) is 6.61 Å². The van der Waals surface area contributed by atoms with Crippen LogP contribution in [0.5, 0.6) is 11.5 Å². The van der Waals surface area contributed by atoms with Crippen molar-refractivity contribution < 1.29 is 19.1 Å². The van der Waals surface area contributed by atoms with E-state index in [4.69, 9.17) is 9.47 Å². The average molecular weight is 455 g/mol. The van der Waals surface area contributed by atoms with Gasteiger partial charge in [0, 0.05) is 5.39 Å². The molecule has 0 saturated heterocycles. The number of fused-ring (bicyclic) bond motifs is 1. The Morgan fingerprint density at radius 2 is 1.44 bits per heavy atom. The maximum absolute atomic E-state index is 12.5. The number of nitrogens with one attached hydrogen (secondary N) is 2. The quantitative estimate of drug-likeness (QED) is 0.372. The molecule has 0 saturated carbocycles. The van der Waals surface area contributed by atoms with Crippen LogP contribution in [0.3, 0.4) is 0 Å². The minimum atomic E-state index is -0.748. The van der Waals surface area contributed by atoms with Crippen LogP contribution in [0.4, 0.5) is 0 Å². The summed E-state index contributed by atoms with van der Waals surface area (Å²) >= 11 is 0. The third-order valence-electron chi connectivity index (χ3n) is 5.34. The van der Waals surface area contributed by atoms with E-state index in [0.29, 0.717) is 17.9 Å². The molecule has 1 unspecified atom stereocenters. The second-order valence-electron chi connectivity index (χ2n) is 7.71. The summed E-state index contributed by atoms with van der Waals surface area (Å²) in [5, 5.41) is 1.94. The molecule has 0 radical (unpaired) electrons. The van der Waals surface area contributed by atoms with Crippen molar-refractivity contribution in [1.29, 1.82) is 0 Å². The Morgan fingerprint density at radius 1 is 0.765 bits per heavy atom. The van der Waals surface area contributed by atoms with Gasteiger partial charge in [-0.25, -0.2) is 0 Å². The van der Waals surface area contributed by atoms with Crippen molar-refractivity contribution in [1.82, 2.24) is 10.9 Å². The van der Waals surface area contributed by atoms with Gasteiger partial charge in [-0.15, -0.1) is 0 Å². The first-order valence-corrected chi connectivity index (χ1v) is 11.2. The van der Waals surface area contributed by atoms with Gasteiger partial charge in [0.2, 0.25) is 0 Å². The Labute approximate surface area is 198 Å².